The van der Waals surface area contributed by atoms with Crippen molar-refractivity contribution in [2.75, 3.05) is 19.6 Å². The minimum Gasteiger partial charge on any atom is -0.301 e. The van der Waals surface area contributed by atoms with Gasteiger partial charge in [-0.25, -0.2) is 13.1 Å². The van der Waals surface area contributed by atoms with Gasteiger partial charge in [0.1, 0.15) is 4.21 Å². The Morgan fingerprint density at radius 2 is 2.00 bits per heavy atom. The molecule has 2 rings (SSSR count). The quantitative estimate of drug-likeness (QED) is 0.908. The standard InChI is InChI=1S/C13H22N2O2S2/c1-13(2,11-15-8-4-3-5-9-15)14-19(16,17)12-7-6-10-18-12/h6-7,10,14H,3-5,8-9,11H2,1-2H3. The molecule has 1 fully saturated rings. The van der Waals surface area contributed by atoms with Crippen LogP contribution in [0.25, 0.3) is 0 Å². The molecular formula is C13H22N2O2S2. The number of nitrogens with zero attached hydrogens (tertiary/aromatic N) is 1. The third-order valence-electron chi connectivity index (χ3n) is 3.24. The number of likely N-dealkylation sites (tertiary alicyclic amines) is 1. The molecule has 0 unspecified atom stereocenters. The first kappa shape index (κ1) is 15.0. The van der Waals surface area contributed by atoms with Crippen LogP contribution < -0.4 is 4.72 Å². The summed E-state index contributed by atoms with van der Waals surface area (Å²) in [7, 11) is -3.38. The van der Waals surface area contributed by atoms with Gasteiger partial charge in [-0.2, -0.15) is 0 Å². The van der Waals surface area contributed by atoms with Crippen molar-refractivity contribution in [3.63, 3.8) is 0 Å². The van der Waals surface area contributed by atoms with Crippen LogP contribution in [0.5, 0.6) is 0 Å². The smallest absolute Gasteiger partial charge is 0.250 e. The molecule has 2 heterocycles. The highest BCUT2D eigenvalue weighted by atomic mass is 32.2. The summed E-state index contributed by atoms with van der Waals surface area (Å²) >= 11 is 1.25. The Labute approximate surface area is 119 Å². The first-order valence-corrected chi connectivity index (χ1v) is 9.05. The van der Waals surface area contributed by atoms with Gasteiger partial charge in [-0.15, -0.1) is 11.3 Å². The van der Waals surface area contributed by atoms with E-state index in [1.54, 1.807) is 17.5 Å². The number of sulfonamides is 1. The summed E-state index contributed by atoms with van der Waals surface area (Å²) in [5.74, 6) is 0. The van der Waals surface area contributed by atoms with E-state index < -0.39 is 15.6 Å². The average Bonchev–Trinajstić information content (AvgIpc) is 2.81. The zero-order valence-corrected chi connectivity index (χ0v) is 13.2. The van der Waals surface area contributed by atoms with E-state index in [9.17, 15) is 8.42 Å². The Balaban J connectivity index is 2.00. The molecule has 19 heavy (non-hydrogen) atoms. The van der Waals surface area contributed by atoms with Crippen molar-refractivity contribution in [3.8, 4) is 0 Å². The molecule has 108 valence electrons. The topological polar surface area (TPSA) is 49.4 Å². The Bertz CT molecular complexity index is 489. The highest BCUT2D eigenvalue weighted by Crippen LogP contribution is 2.19. The second-order valence-corrected chi connectivity index (χ2v) is 8.62. The predicted octanol–water partition coefficient (Wildman–Crippen LogP) is 2.29. The largest absolute Gasteiger partial charge is 0.301 e. The number of nitrogens with one attached hydrogen (secondary N) is 1. The molecule has 0 aliphatic carbocycles. The zero-order valence-electron chi connectivity index (χ0n) is 11.6. The van der Waals surface area contributed by atoms with Crippen molar-refractivity contribution in [2.24, 2.45) is 0 Å². The van der Waals surface area contributed by atoms with Crippen LogP contribution in [0.4, 0.5) is 0 Å². The molecule has 0 saturated carbocycles. The minimum atomic E-state index is -3.38. The van der Waals surface area contributed by atoms with Gasteiger partial charge in [0.25, 0.3) is 10.0 Å². The molecule has 0 spiro atoms. The van der Waals surface area contributed by atoms with Crippen LogP contribution in [-0.2, 0) is 10.0 Å². The summed E-state index contributed by atoms with van der Waals surface area (Å²) in [6, 6.07) is 3.40. The molecule has 0 amide bonds. The van der Waals surface area contributed by atoms with Gasteiger partial charge in [0, 0.05) is 12.1 Å². The second kappa shape index (κ2) is 5.91. The maximum absolute atomic E-state index is 12.2. The molecule has 1 N–H and O–H groups in total. The summed E-state index contributed by atoms with van der Waals surface area (Å²) in [6.07, 6.45) is 3.72. The van der Waals surface area contributed by atoms with Gasteiger partial charge >= 0.3 is 0 Å². The van der Waals surface area contributed by atoms with E-state index in [1.807, 2.05) is 13.8 Å². The Morgan fingerprint density at radius 3 is 2.58 bits per heavy atom. The third kappa shape index (κ3) is 4.27. The van der Waals surface area contributed by atoms with Crippen molar-refractivity contribution >= 4 is 21.4 Å². The van der Waals surface area contributed by atoms with Crippen molar-refractivity contribution in [1.29, 1.82) is 0 Å². The maximum Gasteiger partial charge on any atom is 0.250 e. The van der Waals surface area contributed by atoms with E-state index in [2.05, 4.69) is 9.62 Å². The van der Waals surface area contributed by atoms with Gasteiger partial charge in [0.15, 0.2) is 0 Å². The Hall–Kier alpha value is -0.430. The van der Waals surface area contributed by atoms with Crippen molar-refractivity contribution < 1.29 is 8.42 Å². The van der Waals surface area contributed by atoms with Gasteiger partial charge in [0.2, 0.25) is 0 Å². The first-order valence-electron chi connectivity index (χ1n) is 6.69. The Kier molecular flexibility index (Phi) is 4.66. The van der Waals surface area contributed by atoms with Crippen LogP contribution in [-0.4, -0.2) is 38.5 Å². The molecule has 0 bridgehead atoms. The maximum atomic E-state index is 12.2. The average molecular weight is 302 g/mol. The van der Waals surface area contributed by atoms with Crippen LogP contribution >= 0.6 is 11.3 Å². The predicted molar refractivity (Wildman–Crippen MR) is 79.0 cm³/mol. The molecule has 0 aromatic carbocycles. The number of thiophene rings is 1. The number of rotatable bonds is 5. The molecule has 1 aliphatic heterocycles. The van der Waals surface area contributed by atoms with Crippen LogP contribution in [0.1, 0.15) is 33.1 Å². The van der Waals surface area contributed by atoms with E-state index >= 15 is 0 Å². The molecule has 0 radical (unpaired) electrons. The summed E-state index contributed by atoms with van der Waals surface area (Å²) in [5.41, 5.74) is -0.444. The summed E-state index contributed by atoms with van der Waals surface area (Å²) < 4.78 is 27.7. The van der Waals surface area contributed by atoms with Crippen LogP contribution in [0.15, 0.2) is 21.7 Å². The van der Waals surface area contributed by atoms with Crippen LogP contribution in [0, 0.1) is 0 Å². The minimum absolute atomic E-state index is 0.388. The fourth-order valence-electron chi connectivity index (χ4n) is 2.54. The molecule has 1 saturated heterocycles. The lowest BCUT2D eigenvalue weighted by molar-refractivity contribution is 0.184. The molecule has 1 aromatic rings. The lowest BCUT2D eigenvalue weighted by Crippen LogP contribution is -2.52. The lowest BCUT2D eigenvalue weighted by Gasteiger charge is -2.35. The number of hydrogen-bond acceptors (Lipinski definition) is 4. The normalized spacial score (nSPS) is 18.6. The fraction of sp³-hybridized carbons (Fsp3) is 0.692. The highest BCUT2D eigenvalue weighted by molar-refractivity contribution is 7.91. The van der Waals surface area contributed by atoms with E-state index in [1.165, 1.54) is 30.6 Å². The first-order chi connectivity index (χ1) is 8.89. The van der Waals surface area contributed by atoms with Gasteiger partial charge in [-0.3, -0.25) is 0 Å². The number of hydrogen-bond donors (Lipinski definition) is 1. The molecule has 6 heteroatoms. The molecule has 0 atom stereocenters. The summed E-state index contributed by atoms with van der Waals surface area (Å²) in [4.78, 5) is 2.35. The van der Waals surface area contributed by atoms with Gasteiger partial charge in [-0.1, -0.05) is 12.5 Å². The van der Waals surface area contributed by atoms with E-state index in [-0.39, 0.29) is 0 Å². The van der Waals surface area contributed by atoms with Gasteiger partial charge in [-0.05, 0) is 51.2 Å². The lowest BCUT2D eigenvalue weighted by atomic mass is 10.0. The van der Waals surface area contributed by atoms with Crippen molar-refractivity contribution in [1.82, 2.24) is 9.62 Å². The van der Waals surface area contributed by atoms with E-state index in [4.69, 9.17) is 0 Å². The highest BCUT2D eigenvalue weighted by Gasteiger charge is 2.29. The molecule has 1 aromatic heterocycles. The number of piperidine rings is 1. The van der Waals surface area contributed by atoms with Crippen molar-refractivity contribution in [2.45, 2.75) is 42.9 Å². The van der Waals surface area contributed by atoms with Crippen molar-refractivity contribution in [3.05, 3.63) is 17.5 Å². The third-order valence-corrected chi connectivity index (χ3v) is 6.33. The van der Waals surface area contributed by atoms with E-state index in [0.717, 1.165) is 19.6 Å². The molecule has 4 nitrogen and oxygen atoms in total. The summed E-state index contributed by atoms with van der Waals surface area (Å²) in [6.45, 7) is 6.81. The molecule has 1 aliphatic rings. The Morgan fingerprint density at radius 1 is 1.32 bits per heavy atom. The molecular weight excluding hydrogens is 280 g/mol. The SMILES string of the molecule is CC(C)(CN1CCCCC1)NS(=O)(=O)c1cccs1. The van der Waals surface area contributed by atoms with Crippen LogP contribution in [0.2, 0.25) is 0 Å². The van der Waals surface area contributed by atoms with E-state index in [0.29, 0.717) is 4.21 Å². The van der Waals surface area contributed by atoms with Gasteiger partial charge in [0.05, 0.1) is 0 Å². The second-order valence-electron chi connectivity index (χ2n) is 5.76. The fourth-order valence-corrected chi connectivity index (χ4v) is 4.94. The van der Waals surface area contributed by atoms with Gasteiger partial charge < -0.3 is 4.90 Å². The zero-order chi connectivity index (χ0) is 13.9. The monoisotopic (exact) mass is 302 g/mol. The van der Waals surface area contributed by atoms with Crippen LogP contribution in [0.3, 0.4) is 0 Å². The summed E-state index contributed by atoms with van der Waals surface area (Å²) in [5, 5.41) is 1.78.